The monoisotopic (exact) mass is 474 g/mol. The highest BCUT2D eigenvalue weighted by atomic mass is 32.1. The fourth-order valence-electron chi connectivity index (χ4n) is 3.69. The van der Waals surface area contributed by atoms with Gasteiger partial charge in [0.1, 0.15) is 11.2 Å². The largest absolute Gasteiger partial charge is 0.332 e. The van der Waals surface area contributed by atoms with Crippen LogP contribution in [-0.2, 0) is 16.1 Å². The van der Waals surface area contributed by atoms with Gasteiger partial charge in [-0.05, 0) is 36.6 Å². The van der Waals surface area contributed by atoms with Crippen LogP contribution in [-0.4, -0.2) is 39.4 Å². The number of carbonyl (C=O) groups excluding carboxylic acids is 2. The number of fused-ring (bicyclic) bond motifs is 1. The van der Waals surface area contributed by atoms with Crippen molar-refractivity contribution in [3.05, 3.63) is 82.9 Å². The number of amides is 2. The maximum absolute atomic E-state index is 13.1. The van der Waals surface area contributed by atoms with Crippen LogP contribution < -0.4 is 10.9 Å². The molecule has 2 heterocycles. The van der Waals surface area contributed by atoms with Crippen LogP contribution >= 0.6 is 11.3 Å². The van der Waals surface area contributed by atoms with Crippen molar-refractivity contribution in [1.82, 2.24) is 14.5 Å². The molecule has 4 rings (SSSR count). The molecule has 0 bridgehead atoms. The zero-order valence-corrected chi connectivity index (χ0v) is 20.0. The quantitative estimate of drug-likeness (QED) is 0.412. The Morgan fingerprint density at radius 2 is 1.82 bits per heavy atom. The van der Waals surface area contributed by atoms with Crippen LogP contribution in [0.15, 0.2) is 71.8 Å². The van der Waals surface area contributed by atoms with Gasteiger partial charge >= 0.3 is 0 Å². The third kappa shape index (κ3) is 5.23. The van der Waals surface area contributed by atoms with Crippen molar-refractivity contribution in [2.75, 3.05) is 18.4 Å². The van der Waals surface area contributed by atoms with Crippen LogP contribution in [0.3, 0.4) is 0 Å². The minimum Gasteiger partial charge on any atom is -0.332 e. The Bertz CT molecular complexity index is 1380. The summed E-state index contributed by atoms with van der Waals surface area (Å²) < 4.78 is 1.83. The van der Waals surface area contributed by atoms with Gasteiger partial charge in [-0.3, -0.25) is 19.0 Å². The van der Waals surface area contributed by atoms with Gasteiger partial charge in [0, 0.05) is 17.1 Å². The number of hydrogen-bond donors (Lipinski definition) is 1. The summed E-state index contributed by atoms with van der Waals surface area (Å²) in [5.41, 5.74) is 3.03. The first kappa shape index (κ1) is 23.4. The van der Waals surface area contributed by atoms with Gasteiger partial charge in [-0.1, -0.05) is 55.5 Å². The SMILES string of the molecule is CCCN(CC(=O)Nc1ccccc1C)C(=O)Cn1cnc2cc(-c3ccccc3)sc2c1=O. The van der Waals surface area contributed by atoms with E-state index in [-0.39, 0.29) is 30.5 Å². The van der Waals surface area contributed by atoms with Crippen LogP contribution in [0.1, 0.15) is 18.9 Å². The van der Waals surface area contributed by atoms with E-state index in [1.54, 1.807) is 0 Å². The molecule has 2 aromatic heterocycles. The van der Waals surface area contributed by atoms with E-state index < -0.39 is 0 Å². The van der Waals surface area contributed by atoms with Crippen LogP contribution in [0.5, 0.6) is 0 Å². The molecule has 0 aliphatic carbocycles. The van der Waals surface area contributed by atoms with Crippen LogP contribution in [0.4, 0.5) is 5.69 Å². The highest BCUT2D eigenvalue weighted by Gasteiger charge is 2.19. The minimum atomic E-state index is -0.301. The molecule has 4 aromatic rings. The molecular formula is C26H26N4O3S. The predicted molar refractivity (Wildman–Crippen MR) is 136 cm³/mol. The normalized spacial score (nSPS) is 10.9. The smallest absolute Gasteiger partial charge is 0.271 e. The number of benzene rings is 2. The van der Waals surface area contributed by atoms with Gasteiger partial charge in [0.25, 0.3) is 5.56 Å². The maximum atomic E-state index is 13.1. The molecule has 1 N–H and O–H groups in total. The van der Waals surface area contributed by atoms with E-state index in [0.717, 1.165) is 16.0 Å². The number of anilines is 1. The molecule has 0 radical (unpaired) electrons. The molecular weight excluding hydrogens is 448 g/mol. The summed E-state index contributed by atoms with van der Waals surface area (Å²) in [5.74, 6) is -0.576. The molecule has 2 amide bonds. The molecule has 0 saturated heterocycles. The molecule has 8 heteroatoms. The second kappa shape index (κ2) is 10.4. The first-order valence-corrected chi connectivity index (χ1v) is 12.0. The van der Waals surface area contributed by atoms with Crippen molar-refractivity contribution >= 4 is 39.1 Å². The van der Waals surface area contributed by atoms with Crippen LogP contribution in [0, 0.1) is 6.92 Å². The highest BCUT2D eigenvalue weighted by Crippen LogP contribution is 2.30. The van der Waals surface area contributed by atoms with Gasteiger partial charge < -0.3 is 10.2 Å². The number of thiophene rings is 1. The van der Waals surface area contributed by atoms with Crippen molar-refractivity contribution < 1.29 is 9.59 Å². The Hall–Kier alpha value is -3.78. The maximum Gasteiger partial charge on any atom is 0.271 e. The van der Waals surface area contributed by atoms with E-state index in [1.807, 2.05) is 74.5 Å². The topological polar surface area (TPSA) is 84.3 Å². The number of nitrogens with one attached hydrogen (secondary N) is 1. The zero-order chi connectivity index (χ0) is 24.1. The van der Waals surface area contributed by atoms with Crippen molar-refractivity contribution in [2.45, 2.75) is 26.8 Å². The first-order valence-electron chi connectivity index (χ1n) is 11.1. The number of para-hydroxylation sites is 1. The fourth-order valence-corrected chi connectivity index (χ4v) is 4.75. The van der Waals surface area contributed by atoms with E-state index in [2.05, 4.69) is 10.3 Å². The Morgan fingerprint density at radius 1 is 1.09 bits per heavy atom. The Morgan fingerprint density at radius 3 is 2.56 bits per heavy atom. The van der Waals surface area contributed by atoms with E-state index in [9.17, 15) is 14.4 Å². The number of hydrogen-bond acceptors (Lipinski definition) is 5. The summed E-state index contributed by atoms with van der Waals surface area (Å²) in [6.45, 7) is 4.02. The van der Waals surface area contributed by atoms with E-state index in [4.69, 9.17) is 0 Å². The predicted octanol–water partition coefficient (Wildman–Crippen LogP) is 4.31. The number of rotatable bonds is 8. The van der Waals surface area contributed by atoms with E-state index in [1.165, 1.54) is 27.1 Å². The molecule has 2 aromatic carbocycles. The van der Waals surface area contributed by atoms with Crippen molar-refractivity contribution in [3.8, 4) is 10.4 Å². The van der Waals surface area contributed by atoms with Crippen molar-refractivity contribution in [3.63, 3.8) is 0 Å². The Kier molecular flexibility index (Phi) is 7.18. The minimum absolute atomic E-state index is 0.0808. The summed E-state index contributed by atoms with van der Waals surface area (Å²) in [5, 5.41) is 2.86. The van der Waals surface area contributed by atoms with Gasteiger partial charge in [0.15, 0.2) is 0 Å². The lowest BCUT2D eigenvalue weighted by molar-refractivity contribution is -0.135. The number of aryl methyl sites for hydroxylation is 1. The second-order valence-electron chi connectivity index (χ2n) is 8.05. The summed E-state index contributed by atoms with van der Waals surface area (Å²) in [7, 11) is 0. The highest BCUT2D eigenvalue weighted by molar-refractivity contribution is 7.22. The zero-order valence-electron chi connectivity index (χ0n) is 19.2. The molecule has 0 aliphatic heterocycles. The number of nitrogens with zero attached hydrogens (tertiary/aromatic N) is 3. The molecule has 0 spiro atoms. The lowest BCUT2D eigenvalue weighted by Gasteiger charge is -2.22. The van der Waals surface area contributed by atoms with Crippen LogP contribution in [0.25, 0.3) is 20.7 Å². The fraction of sp³-hybridized carbons (Fsp3) is 0.231. The van der Waals surface area contributed by atoms with Crippen molar-refractivity contribution in [2.24, 2.45) is 0 Å². The molecule has 0 aliphatic rings. The summed E-state index contributed by atoms with van der Waals surface area (Å²) in [4.78, 5) is 45.5. The third-order valence-corrected chi connectivity index (χ3v) is 6.63. The Labute approximate surface area is 201 Å². The Balaban J connectivity index is 1.50. The van der Waals surface area contributed by atoms with Gasteiger partial charge in [-0.25, -0.2) is 4.98 Å². The molecule has 34 heavy (non-hydrogen) atoms. The lowest BCUT2D eigenvalue weighted by Crippen LogP contribution is -2.41. The molecule has 7 nitrogen and oxygen atoms in total. The molecule has 0 fully saturated rings. The van der Waals surface area contributed by atoms with Crippen LogP contribution in [0.2, 0.25) is 0 Å². The molecule has 0 saturated carbocycles. The third-order valence-electron chi connectivity index (χ3n) is 5.47. The van der Waals surface area contributed by atoms with E-state index >= 15 is 0 Å². The van der Waals surface area contributed by atoms with Gasteiger partial charge in [0.05, 0.1) is 18.4 Å². The molecule has 0 atom stereocenters. The average Bonchev–Trinajstić information content (AvgIpc) is 3.28. The summed E-state index contributed by atoms with van der Waals surface area (Å²) in [6, 6.07) is 19.2. The van der Waals surface area contributed by atoms with Crippen molar-refractivity contribution in [1.29, 1.82) is 0 Å². The first-order chi connectivity index (χ1) is 16.5. The molecule has 174 valence electrons. The number of aromatic nitrogens is 2. The van der Waals surface area contributed by atoms with Gasteiger partial charge in [0.2, 0.25) is 11.8 Å². The second-order valence-corrected chi connectivity index (χ2v) is 9.10. The molecule has 0 unspecified atom stereocenters. The average molecular weight is 475 g/mol. The lowest BCUT2D eigenvalue weighted by atomic mass is 10.2. The summed E-state index contributed by atoms with van der Waals surface area (Å²) >= 11 is 1.37. The van der Waals surface area contributed by atoms with Gasteiger partial charge in [-0.15, -0.1) is 11.3 Å². The van der Waals surface area contributed by atoms with Gasteiger partial charge in [-0.2, -0.15) is 0 Å². The van der Waals surface area contributed by atoms with E-state index in [0.29, 0.717) is 28.9 Å². The summed E-state index contributed by atoms with van der Waals surface area (Å²) in [6.07, 6.45) is 2.10. The standard InChI is InChI=1S/C26H26N4O3S/c1-3-13-29(15-23(31)28-20-12-8-7-9-18(20)2)24(32)16-30-17-27-21-14-22(34-25(21)26(30)33)19-10-5-4-6-11-19/h4-12,14,17H,3,13,15-16H2,1-2H3,(H,28,31). The number of carbonyl (C=O) groups is 2.